The van der Waals surface area contributed by atoms with Crippen LogP contribution in [0.15, 0.2) is 61.1 Å². The lowest BCUT2D eigenvalue weighted by molar-refractivity contribution is 0.122. The van der Waals surface area contributed by atoms with Crippen molar-refractivity contribution < 1.29 is 9.13 Å². The van der Waals surface area contributed by atoms with Gasteiger partial charge in [0, 0.05) is 48.0 Å². The zero-order chi connectivity index (χ0) is 23.9. The van der Waals surface area contributed by atoms with Crippen LogP contribution in [0.25, 0.3) is 22.2 Å². The molecular formula is C28H31FN4O. The first-order valence-corrected chi connectivity index (χ1v) is 11.9. The molecule has 3 heterocycles. The van der Waals surface area contributed by atoms with Crippen molar-refractivity contribution in [1.29, 1.82) is 0 Å². The molecule has 6 heteroatoms. The van der Waals surface area contributed by atoms with E-state index in [-0.39, 0.29) is 5.82 Å². The van der Waals surface area contributed by atoms with Crippen LogP contribution in [-0.2, 0) is 11.2 Å². The van der Waals surface area contributed by atoms with Crippen LogP contribution < -0.4 is 4.90 Å². The van der Waals surface area contributed by atoms with E-state index in [1.807, 2.05) is 43.3 Å². The van der Waals surface area contributed by atoms with E-state index in [0.717, 1.165) is 59.7 Å². The van der Waals surface area contributed by atoms with E-state index in [9.17, 15) is 4.39 Å². The van der Waals surface area contributed by atoms with Crippen molar-refractivity contribution in [3.05, 3.63) is 83.7 Å². The van der Waals surface area contributed by atoms with Gasteiger partial charge < -0.3 is 9.64 Å². The van der Waals surface area contributed by atoms with Crippen molar-refractivity contribution >= 4 is 16.6 Å². The zero-order valence-corrected chi connectivity index (χ0v) is 20.1. The van der Waals surface area contributed by atoms with Crippen LogP contribution in [0.2, 0.25) is 0 Å². The Kier molecular flexibility index (Phi) is 7.80. The molecule has 0 amide bonds. The molecule has 2 aromatic heterocycles. The van der Waals surface area contributed by atoms with E-state index < -0.39 is 0 Å². The fraction of sp³-hybridized carbons (Fsp3) is 0.321. The number of aryl methyl sites for hydroxylation is 1. The fourth-order valence-electron chi connectivity index (χ4n) is 4.04. The summed E-state index contributed by atoms with van der Waals surface area (Å²) in [6.07, 6.45) is 5.19. The molecule has 0 radical (unpaired) electrons. The number of fused-ring (bicyclic) bond motifs is 1. The molecule has 1 fully saturated rings. The Morgan fingerprint density at radius 2 is 1.76 bits per heavy atom. The van der Waals surface area contributed by atoms with E-state index in [2.05, 4.69) is 39.8 Å². The van der Waals surface area contributed by atoms with Gasteiger partial charge in [0.15, 0.2) is 0 Å². The lowest BCUT2D eigenvalue weighted by Crippen LogP contribution is -2.36. The number of hydrogen-bond acceptors (Lipinski definition) is 5. The smallest absolute Gasteiger partial charge is 0.132 e. The molecule has 0 N–H and O–H groups in total. The van der Waals surface area contributed by atoms with E-state index in [0.29, 0.717) is 17.7 Å². The highest BCUT2D eigenvalue weighted by atomic mass is 19.1. The van der Waals surface area contributed by atoms with Gasteiger partial charge in [-0.3, -0.25) is 4.98 Å². The van der Waals surface area contributed by atoms with Crippen LogP contribution in [0.3, 0.4) is 0 Å². The van der Waals surface area contributed by atoms with Gasteiger partial charge in [0.2, 0.25) is 0 Å². The summed E-state index contributed by atoms with van der Waals surface area (Å²) in [6.45, 7) is 9.44. The standard InChI is InChI=1S/C25H23FN4O.C3H8/c1-17-3-2-8-27-23(17)14-18-4-7-22(26)21(13-18)25-20-6-5-19(15-24(20)28-16-29-25)30-9-11-31-12-10-30;1-3-2/h2-8,13,15-16H,9-12,14H2,1H3;3H2,1-2H3. The molecule has 0 atom stereocenters. The minimum atomic E-state index is -0.293. The predicted octanol–water partition coefficient (Wildman–Crippen LogP) is 5.98. The van der Waals surface area contributed by atoms with Crippen LogP contribution >= 0.6 is 0 Å². The van der Waals surface area contributed by atoms with Crippen molar-refractivity contribution in [2.45, 2.75) is 33.6 Å². The number of halogens is 1. The molecule has 1 aliphatic heterocycles. The predicted molar refractivity (Wildman–Crippen MR) is 136 cm³/mol. The lowest BCUT2D eigenvalue weighted by atomic mass is 9.99. The SMILES string of the molecule is CCC.Cc1cccnc1Cc1ccc(F)c(-c2ncnc3cc(N4CCOCC4)ccc23)c1. The summed E-state index contributed by atoms with van der Waals surface area (Å²) in [6, 6.07) is 15.3. The van der Waals surface area contributed by atoms with E-state index >= 15 is 0 Å². The number of ether oxygens (including phenoxy) is 1. The monoisotopic (exact) mass is 458 g/mol. The van der Waals surface area contributed by atoms with Crippen molar-refractivity contribution in [2.24, 2.45) is 0 Å². The molecule has 0 bridgehead atoms. The molecule has 1 saturated heterocycles. The minimum absolute atomic E-state index is 0.293. The quantitative estimate of drug-likeness (QED) is 0.376. The number of benzene rings is 2. The Balaban J connectivity index is 0.000000868. The third-order valence-corrected chi connectivity index (χ3v) is 5.77. The average molecular weight is 459 g/mol. The second-order valence-corrected chi connectivity index (χ2v) is 8.49. The molecule has 34 heavy (non-hydrogen) atoms. The van der Waals surface area contributed by atoms with Crippen LogP contribution in [-0.4, -0.2) is 41.3 Å². The normalized spacial score (nSPS) is 13.5. The topological polar surface area (TPSA) is 51.1 Å². The van der Waals surface area contributed by atoms with Gasteiger partial charge >= 0.3 is 0 Å². The van der Waals surface area contributed by atoms with Gasteiger partial charge in [0.1, 0.15) is 12.1 Å². The van der Waals surface area contributed by atoms with Crippen molar-refractivity contribution in [1.82, 2.24) is 15.0 Å². The first-order valence-electron chi connectivity index (χ1n) is 11.9. The fourth-order valence-corrected chi connectivity index (χ4v) is 4.04. The Morgan fingerprint density at radius 3 is 2.53 bits per heavy atom. The van der Waals surface area contributed by atoms with Crippen LogP contribution in [0.5, 0.6) is 0 Å². The summed E-state index contributed by atoms with van der Waals surface area (Å²) in [4.78, 5) is 15.6. The summed E-state index contributed by atoms with van der Waals surface area (Å²) >= 11 is 0. The molecule has 176 valence electrons. The maximum atomic E-state index is 14.9. The van der Waals surface area contributed by atoms with Crippen molar-refractivity contribution in [3.8, 4) is 11.3 Å². The van der Waals surface area contributed by atoms with Gasteiger partial charge in [0.05, 0.1) is 24.4 Å². The van der Waals surface area contributed by atoms with Gasteiger partial charge in [-0.25, -0.2) is 14.4 Å². The largest absolute Gasteiger partial charge is 0.378 e. The Morgan fingerprint density at radius 1 is 0.971 bits per heavy atom. The molecule has 0 saturated carbocycles. The molecule has 1 aliphatic rings. The highest BCUT2D eigenvalue weighted by Crippen LogP contribution is 2.31. The number of pyridine rings is 1. The summed E-state index contributed by atoms with van der Waals surface area (Å²) in [5.41, 5.74) is 6.10. The van der Waals surface area contributed by atoms with Gasteiger partial charge in [-0.05, 0) is 54.4 Å². The number of rotatable bonds is 4. The second-order valence-electron chi connectivity index (χ2n) is 8.49. The third-order valence-electron chi connectivity index (χ3n) is 5.77. The maximum absolute atomic E-state index is 14.9. The highest BCUT2D eigenvalue weighted by Gasteiger charge is 2.16. The van der Waals surface area contributed by atoms with Crippen LogP contribution in [0.1, 0.15) is 37.1 Å². The van der Waals surface area contributed by atoms with Gasteiger partial charge in [-0.2, -0.15) is 0 Å². The first kappa shape index (κ1) is 23.8. The highest BCUT2D eigenvalue weighted by molar-refractivity contribution is 5.94. The first-order chi connectivity index (χ1) is 16.6. The third kappa shape index (κ3) is 5.39. The van der Waals surface area contributed by atoms with Crippen LogP contribution in [0.4, 0.5) is 10.1 Å². The van der Waals surface area contributed by atoms with Crippen molar-refractivity contribution in [3.63, 3.8) is 0 Å². The summed E-state index contributed by atoms with van der Waals surface area (Å²) < 4.78 is 20.3. The summed E-state index contributed by atoms with van der Waals surface area (Å²) in [7, 11) is 0. The molecule has 2 aromatic carbocycles. The maximum Gasteiger partial charge on any atom is 0.132 e. The van der Waals surface area contributed by atoms with E-state index in [1.165, 1.54) is 18.8 Å². The van der Waals surface area contributed by atoms with Gasteiger partial charge in [-0.1, -0.05) is 32.4 Å². The molecular weight excluding hydrogens is 427 g/mol. The van der Waals surface area contributed by atoms with E-state index in [4.69, 9.17) is 4.74 Å². The summed E-state index contributed by atoms with van der Waals surface area (Å²) in [5.74, 6) is -0.293. The average Bonchev–Trinajstić information content (AvgIpc) is 2.87. The van der Waals surface area contributed by atoms with Crippen LogP contribution in [0, 0.1) is 12.7 Å². The molecule has 0 spiro atoms. The second kappa shape index (κ2) is 11.2. The Labute approximate surface area is 200 Å². The minimum Gasteiger partial charge on any atom is -0.378 e. The van der Waals surface area contributed by atoms with Gasteiger partial charge in [-0.15, -0.1) is 0 Å². The Bertz CT molecular complexity index is 1250. The molecule has 0 aliphatic carbocycles. The zero-order valence-electron chi connectivity index (χ0n) is 20.1. The van der Waals surface area contributed by atoms with E-state index in [1.54, 1.807) is 6.20 Å². The van der Waals surface area contributed by atoms with Gasteiger partial charge in [0.25, 0.3) is 0 Å². The molecule has 0 unspecified atom stereocenters. The number of aromatic nitrogens is 3. The number of hydrogen-bond donors (Lipinski definition) is 0. The number of anilines is 1. The number of nitrogens with zero attached hydrogens (tertiary/aromatic N) is 4. The lowest BCUT2D eigenvalue weighted by Gasteiger charge is -2.29. The number of morpholine rings is 1. The van der Waals surface area contributed by atoms with Crippen molar-refractivity contribution in [2.75, 3.05) is 31.2 Å². The molecule has 5 nitrogen and oxygen atoms in total. The summed E-state index contributed by atoms with van der Waals surface area (Å²) in [5, 5.41) is 0.838. The molecule has 4 aromatic rings. The Hall–Kier alpha value is -3.38. The molecule has 5 rings (SSSR count).